The molecule has 1 atom stereocenters. The van der Waals surface area contributed by atoms with Gasteiger partial charge in [-0.1, -0.05) is 6.07 Å². The third kappa shape index (κ3) is 3.05. The van der Waals surface area contributed by atoms with Crippen LogP contribution in [0.4, 0.5) is 0 Å². The van der Waals surface area contributed by atoms with E-state index >= 15 is 0 Å². The Morgan fingerprint density at radius 1 is 1.17 bits per heavy atom. The molecule has 2 aliphatic rings. The van der Waals surface area contributed by atoms with Crippen LogP contribution in [0.2, 0.25) is 0 Å². The van der Waals surface area contributed by atoms with E-state index in [2.05, 4.69) is 22.9 Å². The van der Waals surface area contributed by atoms with Crippen LogP contribution in [0.3, 0.4) is 0 Å². The molecular formula is C17H24ClN3O2. The number of benzene rings is 1. The zero-order chi connectivity index (χ0) is 15.1. The van der Waals surface area contributed by atoms with Gasteiger partial charge in [0.2, 0.25) is 0 Å². The lowest BCUT2D eigenvalue weighted by atomic mass is 10.1. The Morgan fingerprint density at radius 2 is 1.96 bits per heavy atom. The molecule has 3 heterocycles. The number of imidazole rings is 1. The van der Waals surface area contributed by atoms with Crippen molar-refractivity contribution in [1.29, 1.82) is 0 Å². The molecule has 0 aliphatic carbocycles. The van der Waals surface area contributed by atoms with E-state index in [-0.39, 0.29) is 24.1 Å². The van der Waals surface area contributed by atoms with Gasteiger partial charge in [0, 0.05) is 32.3 Å². The summed E-state index contributed by atoms with van der Waals surface area (Å²) in [5.74, 6) is 0. The molecule has 2 fully saturated rings. The average Bonchev–Trinajstić information content (AvgIpc) is 3.11. The molecule has 2 saturated heterocycles. The lowest BCUT2D eigenvalue weighted by Gasteiger charge is -2.31. The number of fused-ring (bicyclic) bond motifs is 1. The first kappa shape index (κ1) is 16.6. The fraction of sp³-hybridized carbons (Fsp3) is 0.588. The van der Waals surface area contributed by atoms with Crippen LogP contribution in [-0.2, 0) is 4.74 Å². The first-order valence-corrected chi connectivity index (χ1v) is 8.25. The third-order valence-electron chi connectivity index (χ3n) is 5.14. The van der Waals surface area contributed by atoms with Gasteiger partial charge in [0.05, 0.1) is 17.1 Å². The molecule has 4 rings (SSSR count). The van der Waals surface area contributed by atoms with Gasteiger partial charge in [-0.3, -0.25) is 9.47 Å². The van der Waals surface area contributed by atoms with Gasteiger partial charge in [-0.05, 0) is 43.9 Å². The number of nitrogens with zero attached hydrogens (tertiary/aromatic N) is 2. The molecule has 1 aromatic heterocycles. The van der Waals surface area contributed by atoms with Gasteiger partial charge in [-0.25, -0.2) is 4.79 Å². The van der Waals surface area contributed by atoms with Crippen molar-refractivity contribution in [1.82, 2.24) is 14.5 Å². The molecule has 23 heavy (non-hydrogen) atoms. The van der Waals surface area contributed by atoms with Crippen molar-refractivity contribution >= 4 is 23.4 Å². The Labute approximate surface area is 142 Å². The van der Waals surface area contributed by atoms with Gasteiger partial charge < -0.3 is 9.72 Å². The number of nitrogens with one attached hydrogen (secondary N) is 1. The number of hydrogen-bond acceptors (Lipinski definition) is 3. The number of aromatic amines is 1. The molecule has 0 radical (unpaired) electrons. The first-order valence-electron chi connectivity index (χ1n) is 8.25. The SMILES string of the molecule is Cc1ccc2[nH]c(=O)n(C3CCN(C4CCOCC4)C3)c2c1.Cl. The molecule has 0 bridgehead atoms. The highest BCUT2D eigenvalue weighted by molar-refractivity contribution is 5.85. The maximum atomic E-state index is 12.4. The monoisotopic (exact) mass is 337 g/mol. The summed E-state index contributed by atoms with van der Waals surface area (Å²) in [7, 11) is 0. The second-order valence-electron chi connectivity index (χ2n) is 6.60. The van der Waals surface area contributed by atoms with Crippen LogP contribution in [0.5, 0.6) is 0 Å². The summed E-state index contributed by atoms with van der Waals surface area (Å²) < 4.78 is 7.44. The molecule has 1 N–H and O–H groups in total. The summed E-state index contributed by atoms with van der Waals surface area (Å²) in [6.07, 6.45) is 3.29. The summed E-state index contributed by atoms with van der Waals surface area (Å²) in [4.78, 5) is 17.9. The zero-order valence-corrected chi connectivity index (χ0v) is 14.3. The van der Waals surface area contributed by atoms with Crippen LogP contribution < -0.4 is 5.69 Å². The van der Waals surface area contributed by atoms with Crippen molar-refractivity contribution in [3.8, 4) is 0 Å². The highest BCUT2D eigenvalue weighted by atomic mass is 35.5. The van der Waals surface area contributed by atoms with Gasteiger partial charge in [0.25, 0.3) is 0 Å². The number of aryl methyl sites for hydroxylation is 1. The van der Waals surface area contributed by atoms with Crippen LogP contribution in [0.25, 0.3) is 11.0 Å². The number of aromatic nitrogens is 2. The van der Waals surface area contributed by atoms with E-state index in [1.807, 2.05) is 16.7 Å². The number of rotatable bonds is 2. The van der Waals surface area contributed by atoms with Gasteiger partial charge in [0.1, 0.15) is 0 Å². The van der Waals surface area contributed by atoms with Gasteiger partial charge in [0.15, 0.2) is 0 Å². The summed E-state index contributed by atoms with van der Waals surface area (Å²) in [5.41, 5.74) is 3.21. The molecule has 0 amide bonds. The van der Waals surface area contributed by atoms with E-state index in [1.54, 1.807) is 0 Å². The zero-order valence-electron chi connectivity index (χ0n) is 13.5. The lowest BCUT2D eigenvalue weighted by molar-refractivity contribution is 0.0413. The highest BCUT2D eigenvalue weighted by Crippen LogP contribution is 2.28. The van der Waals surface area contributed by atoms with Crippen molar-refractivity contribution in [2.45, 2.75) is 38.3 Å². The van der Waals surface area contributed by atoms with E-state index in [0.29, 0.717) is 6.04 Å². The van der Waals surface area contributed by atoms with Crippen molar-refractivity contribution in [3.05, 3.63) is 34.2 Å². The minimum Gasteiger partial charge on any atom is -0.381 e. The van der Waals surface area contributed by atoms with Crippen LogP contribution in [0.1, 0.15) is 30.9 Å². The number of ether oxygens (including phenoxy) is 1. The molecule has 0 saturated carbocycles. The van der Waals surface area contributed by atoms with Gasteiger partial charge >= 0.3 is 5.69 Å². The number of H-pyrrole nitrogens is 1. The molecule has 126 valence electrons. The standard InChI is InChI=1S/C17H23N3O2.ClH/c1-12-2-3-15-16(10-12)20(17(21)18-15)14-4-7-19(11-14)13-5-8-22-9-6-13;/h2-3,10,13-14H,4-9,11H2,1H3,(H,18,21);1H. The quantitative estimate of drug-likeness (QED) is 0.916. The fourth-order valence-corrected chi connectivity index (χ4v) is 3.95. The van der Waals surface area contributed by atoms with Gasteiger partial charge in [-0.2, -0.15) is 0 Å². The van der Waals surface area contributed by atoms with E-state index in [1.165, 1.54) is 5.56 Å². The number of likely N-dealkylation sites (tertiary alicyclic amines) is 1. The second kappa shape index (κ2) is 6.67. The average molecular weight is 338 g/mol. The van der Waals surface area contributed by atoms with Crippen molar-refractivity contribution in [2.24, 2.45) is 0 Å². The maximum absolute atomic E-state index is 12.4. The summed E-state index contributed by atoms with van der Waals surface area (Å²) >= 11 is 0. The largest absolute Gasteiger partial charge is 0.381 e. The normalized spacial score (nSPS) is 23.3. The van der Waals surface area contributed by atoms with Crippen molar-refractivity contribution in [2.75, 3.05) is 26.3 Å². The predicted molar refractivity (Wildman–Crippen MR) is 93.6 cm³/mol. The molecule has 0 spiro atoms. The Balaban J connectivity index is 0.00000156. The van der Waals surface area contributed by atoms with E-state index in [4.69, 9.17) is 4.74 Å². The van der Waals surface area contributed by atoms with E-state index in [9.17, 15) is 4.79 Å². The minimum atomic E-state index is 0. The number of hydrogen-bond donors (Lipinski definition) is 1. The lowest BCUT2D eigenvalue weighted by Crippen LogP contribution is -2.38. The fourth-order valence-electron chi connectivity index (χ4n) is 3.95. The minimum absolute atomic E-state index is 0. The Morgan fingerprint density at radius 3 is 2.74 bits per heavy atom. The molecule has 1 aromatic carbocycles. The van der Waals surface area contributed by atoms with E-state index in [0.717, 1.165) is 56.6 Å². The molecule has 6 heteroatoms. The smallest absolute Gasteiger partial charge is 0.326 e. The predicted octanol–water partition coefficient (Wildman–Crippen LogP) is 2.49. The summed E-state index contributed by atoms with van der Waals surface area (Å²) in [5, 5.41) is 0. The number of halogens is 1. The van der Waals surface area contributed by atoms with Crippen LogP contribution in [-0.4, -0.2) is 46.8 Å². The van der Waals surface area contributed by atoms with Gasteiger partial charge in [-0.15, -0.1) is 12.4 Å². The Bertz CT molecular complexity index is 733. The topological polar surface area (TPSA) is 50.3 Å². The van der Waals surface area contributed by atoms with Crippen LogP contribution >= 0.6 is 12.4 Å². The van der Waals surface area contributed by atoms with Crippen molar-refractivity contribution in [3.63, 3.8) is 0 Å². The maximum Gasteiger partial charge on any atom is 0.326 e. The summed E-state index contributed by atoms with van der Waals surface area (Å²) in [6, 6.07) is 7.08. The third-order valence-corrected chi connectivity index (χ3v) is 5.14. The Hall–Kier alpha value is -1.30. The van der Waals surface area contributed by atoms with Crippen LogP contribution in [0, 0.1) is 6.92 Å². The van der Waals surface area contributed by atoms with Crippen LogP contribution in [0.15, 0.2) is 23.0 Å². The Kier molecular flexibility index (Phi) is 4.80. The van der Waals surface area contributed by atoms with E-state index < -0.39 is 0 Å². The molecule has 5 nitrogen and oxygen atoms in total. The molecule has 2 aliphatic heterocycles. The molecule has 1 unspecified atom stereocenters. The second-order valence-corrected chi connectivity index (χ2v) is 6.60. The summed E-state index contributed by atoms with van der Waals surface area (Å²) in [6.45, 7) is 5.88. The highest BCUT2D eigenvalue weighted by Gasteiger charge is 2.31. The van der Waals surface area contributed by atoms with Crippen molar-refractivity contribution < 1.29 is 4.74 Å². The first-order chi connectivity index (χ1) is 10.7. The molecule has 2 aromatic rings. The molecular weight excluding hydrogens is 314 g/mol.